The number of rotatable bonds is 2. The van der Waals surface area contributed by atoms with E-state index >= 15 is 0 Å². The van der Waals surface area contributed by atoms with E-state index in [0.717, 1.165) is 0 Å². The van der Waals surface area contributed by atoms with Gasteiger partial charge >= 0.3 is 18.5 Å². The number of methoxy groups -OCH3 is 1. The first-order valence-corrected chi connectivity index (χ1v) is 4.64. The number of aromatic amines is 1. The van der Waals surface area contributed by atoms with Crippen LogP contribution in [0, 0.1) is 0 Å². The molecular weight excluding hydrogens is 300 g/mol. The van der Waals surface area contributed by atoms with Gasteiger partial charge < -0.3 is 14.5 Å². The summed E-state index contributed by atoms with van der Waals surface area (Å²) >= 11 is 0. The van der Waals surface area contributed by atoms with Gasteiger partial charge in [0.05, 0.1) is 7.11 Å². The Morgan fingerprint density at radius 2 is 1.75 bits per heavy atom. The van der Waals surface area contributed by atoms with Crippen molar-refractivity contribution >= 4 is 5.97 Å². The number of halogens is 6. The molecule has 0 aliphatic carbocycles. The molecule has 0 aromatic carbocycles. The smallest absolute Gasteiger partial charge is 0.465 e. The predicted octanol–water partition coefficient (Wildman–Crippen LogP) is 2.08. The van der Waals surface area contributed by atoms with E-state index in [2.05, 4.69) is 9.47 Å². The van der Waals surface area contributed by atoms with Crippen LogP contribution in [0.2, 0.25) is 0 Å². The van der Waals surface area contributed by atoms with Gasteiger partial charge in [0.2, 0.25) is 0 Å². The summed E-state index contributed by atoms with van der Waals surface area (Å²) in [5.74, 6) is -3.50. The quantitative estimate of drug-likeness (QED) is 0.671. The largest absolute Gasteiger partial charge is 0.573 e. The molecule has 20 heavy (non-hydrogen) atoms. The number of carbonyl (C=O) groups is 1. The van der Waals surface area contributed by atoms with E-state index in [4.69, 9.17) is 0 Å². The first-order chi connectivity index (χ1) is 8.97. The lowest BCUT2D eigenvalue weighted by Gasteiger charge is -2.16. The lowest BCUT2D eigenvalue weighted by molar-refractivity contribution is -0.276. The third kappa shape index (κ3) is 3.42. The molecule has 1 heterocycles. The number of pyridine rings is 1. The molecule has 0 fully saturated rings. The second-order valence-electron chi connectivity index (χ2n) is 3.27. The minimum Gasteiger partial charge on any atom is -0.465 e. The molecule has 112 valence electrons. The van der Waals surface area contributed by atoms with Crippen molar-refractivity contribution in [3.63, 3.8) is 0 Å². The van der Waals surface area contributed by atoms with Crippen molar-refractivity contribution < 1.29 is 40.6 Å². The van der Waals surface area contributed by atoms with Gasteiger partial charge in [-0.2, -0.15) is 13.2 Å². The average Bonchev–Trinajstić information content (AvgIpc) is 2.26. The third-order valence-electron chi connectivity index (χ3n) is 1.96. The number of alkyl halides is 6. The Bertz CT molecular complexity index is 573. The highest BCUT2D eigenvalue weighted by molar-refractivity contribution is 5.91. The molecule has 1 aromatic heterocycles. The van der Waals surface area contributed by atoms with Crippen molar-refractivity contribution in [2.45, 2.75) is 12.5 Å². The number of nitrogens with one attached hydrogen (secondary N) is 1. The molecule has 1 N–H and O–H groups in total. The van der Waals surface area contributed by atoms with E-state index in [1.807, 2.05) is 0 Å². The van der Waals surface area contributed by atoms with Crippen molar-refractivity contribution in [1.29, 1.82) is 0 Å². The maximum absolute atomic E-state index is 12.8. The molecule has 11 heteroatoms. The zero-order valence-electron chi connectivity index (χ0n) is 9.48. The van der Waals surface area contributed by atoms with Crippen LogP contribution in [0.3, 0.4) is 0 Å². The average molecular weight is 305 g/mol. The molecule has 0 bridgehead atoms. The van der Waals surface area contributed by atoms with Crippen LogP contribution in [0.4, 0.5) is 26.3 Å². The van der Waals surface area contributed by atoms with Crippen LogP contribution in [0.1, 0.15) is 15.9 Å². The molecule has 0 spiro atoms. The normalized spacial score (nSPS) is 12.2. The summed E-state index contributed by atoms with van der Waals surface area (Å²) in [5.41, 5.74) is -5.34. The van der Waals surface area contributed by atoms with E-state index in [1.165, 1.54) is 4.98 Å². The summed E-state index contributed by atoms with van der Waals surface area (Å²) < 4.78 is 81.4. The highest BCUT2D eigenvalue weighted by atomic mass is 19.4. The van der Waals surface area contributed by atoms with Crippen LogP contribution in [0.25, 0.3) is 0 Å². The monoisotopic (exact) mass is 305 g/mol. The Morgan fingerprint density at radius 1 is 1.20 bits per heavy atom. The molecular formula is C9H5F6NO4. The zero-order valence-corrected chi connectivity index (χ0v) is 9.48. The van der Waals surface area contributed by atoms with Gasteiger partial charge in [0, 0.05) is 6.20 Å². The van der Waals surface area contributed by atoms with Crippen molar-refractivity contribution in [1.82, 2.24) is 4.98 Å². The highest BCUT2D eigenvalue weighted by Crippen LogP contribution is 2.39. The summed E-state index contributed by atoms with van der Waals surface area (Å²) in [4.78, 5) is 23.9. The molecule has 0 atom stereocenters. The number of carbonyl (C=O) groups excluding carboxylic acids is 1. The lowest BCUT2D eigenvalue weighted by Crippen LogP contribution is -2.28. The van der Waals surface area contributed by atoms with Gasteiger partial charge in [-0.15, -0.1) is 13.2 Å². The Balaban J connectivity index is 3.63. The first kappa shape index (κ1) is 15.9. The van der Waals surface area contributed by atoms with E-state index in [0.29, 0.717) is 7.11 Å². The fraction of sp³-hybridized carbons (Fsp3) is 0.333. The second-order valence-corrected chi connectivity index (χ2v) is 3.27. The summed E-state index contributed by atoms with van der Waals surface area (Å²) in [6.07, 6.45) is -10.8. The van der Waals surface area contributed by atoms with Gasteiger partial charge in [0.25, 0.3) is 5.56 Å². The standard InChI is InChI=1S/C9H5F6NO4/c1-19-7(18)4-5(8(10,11)12)3(2-16-6(4)17)20-9(13,14)15/h2H,1H3,(H,16,17). The number of ether oxygens (including phenoxy) is 2. The minimum atomic E-state index is -5.44. The number of hydrogen-bond donors (Lipinski definition) is 1. The van der Waals surface area contributed by atoms with Gasteiger partial charge in [-0.3, -0.25) is 4.79 Å². The third-order valence-corrected chi connectivity index (χ3v) is 1.96. The van der Waals surface area contributed by atoms with Gasteiger partial charge in [0.1, 0.15) is 11.1 Å². The summed E-state index contributed by atoms with van der Waals surface area (Å²) in [6.45, 7) is 0. The summed E-state index contributed by atoms with van der Waals surface area (Å²) in [6, 6.07) is 0. The molecule has 0 aliphatic heterocycles. The summed E-state index contributed by atoms with van der Waals surface area (Å²) in [7, 11) is 0.666. The number of H-pyrrole nitrogens is 1. The van der Waals surface area contributed by atoms with E-state index < -0.39 is 40.9 Å². The van der Waals surface area contributed by atoms with Crippen LogP contribution in [0.15, 0.2) is 11.0 Å². The fourth-order valence-corrected chi connectivity index (χ4v) is 1.30. The van der Waals surface area contributed by atoms with Gasteiger partial charge in [-0.1, -0.05) is 0 Å². The summed E-state index contributed by atoms with van der Waals surface area (Å²) in [5, 5.41) is 0. The van der Waals surface area contributed by atoms with Gasteiger partial charge in [-0.25, -0.2) is 4.79 Å². The maximum atomic E-state index is 12.8. The van der Waals surface area contributed by atoms with E-state index in [-0.39, 0.29) is 6.20 Å². The number of esters is 1. The number of aromatic nitrogens is 1. The van der Waals surface area contributed by atoms with Crippen LogP contribution in [-0.2, 0) is 10.9 Å². The molecule has 0 unspecified atom stereocenters. The SMILES string of the molecule is COC(=O)c1c(C(F)(F)F)c(OC(F)(F)F)c[nH]c1=O. The van der Waals surface area contributed by atoms with Crippen LogP contribution in [-0.4, -0.2) is 24.4 Å². The molecule has 0 amide bonds. The minimum absolute atomic E-state index is 0.0606. The van der Waals surface area contributed by atoms with Crippen LogP contribution in [0.5, 0.6) is 5.75 Å². The first-order valence-electron chi connectivity index (χ1n) is 4.64. The molecule has 1 aromatic rings. The lowest BCUT2D eigenvalue weighted by atomic mass is 10.1. The Hall–Kier alpha value is -2.20. The Morgan fingerprint density at radius 3 is 2.15 bits per heavy atom. The van der Waals surface area contributed by atoms with Gasteiger partial charge in [0.15, 0.2) is 5.75 Å². The molecule has 0 saturated heterocycles. The Kier molecular flexibility index (Phi) is 4.01. The molecule has 0 saturated carbocycles. The Labute approximate surface area is 106 Å². The van der Waals surface area contributed by atoms with E-state index in [9.17, 15) is 35.9 Å². The molecule has 1 rings (SSSR count). The highest BCUT2D eigenvalue weighted by Gasteiger charge is 2.44. The van der Waals surface area contributed by atoms with Crippen molar-refractivity contribution in [2.75, 3.05) is 7.11 Å². The van der Waals surface area contributed by atoms with Crippen molar-refractivity contribution in [3.8, 4) is 5.75 Å². The van der Waals surface area contributed by atoms with Crippen molar-refractivity contribution in [3.05, 3.63) is 27.7 Å². The second kappa shape index (κ2) is 5.06. The van der Waals surface area contributed by atoms with E-state index in [1.54, 1.807) is 0 Å². The number of hydrogen-bond acceptors (Lipinski definition) is 4. The molecule has 0 radical (unpaired) electrons. The van der Waals surface area contributed by atoms with Crippen LogP contribution < -0.4 is 10.3 Å². The molecule has 0 aliphatic rings. The zero-order chi connectivity index (χ0) is 15.7. The van der Waals surface area contributed by atoms with Gasteiger partial charge in [-0.05, 0) is 0 Å². The topological polar surface area (TPSA) is 68.4 Å². The van der Waals surface area contributed by atoms with Crippen LogP contribution >= 0.6 is 0 Å². The molecule has 5 nitrogen and oxygen atoms in total. The fourth-order valence-electron chi connectivity index (χ4n) is 1.30. The van der Waals surface area contributed by atoms with Crippen molar-refractivity contribution in [2.24, 2.45) is 0 Å². The maximum Gasteiger partial charge on any atom is 0.573 e. The predicted molar refractivity (Wildman–Crippen MR) is 50.1 cm³/mol.